The summed E-state index contributed by atoms with van der Waals surface area (Å²) in [6.07, 6.45) is 2.57. The van der Waals surface area contributed by atoms with Crippen LogP contribution in [0.2, 0.25) is 0 Å². The summed E-state index contributed by atoms with van der Waals surface area (Å²) in [4.78, 5) is 8.52. The lowest BCUT2D eigenvalue weighted by Crippen LogP contribution is -2.14. The van der Waals surface area contributed by atoms with Gasteiger partial charge in [-0.25, -0.2) is 8.42 Å². The van der Waals surface area contributed by atoms with E-state index < -0.39 is 10.0 Å². The molecule has 26 heavy (non-hydrogen) atoms. The van der Waals surface area contributed by atoms with E-state index >= 15 is 0 Å². The molecule has 0 amide bonds. The Balaban J connectivity index is 2.04. The summed E-state index contributed by atoms with van der Waals surface area (Å²) in [6.45, 7) is 5.39. The van der Waals surface area contributed by atoms with E-state index in [2.05, 4.69) is 19.8 Å². The van der Waals surface area contributed by atoms with Gasteiger partial charge in [0, 0.05) is 28.4 Å². The fourth-order valence-electron chi connectivity index (χ4n) is 2.72. The number of anilines is 1. The van der Waals surface area contributed by atoms with Crippen molar-refractivity contribution in [3.63, 3.8) is 0 Å². The molecule has 0 spiro atoms. The number of rotatable bonds is 6. The maximum atomic E-state index is 13.0. The molecule has 7 nitrogen and oxygen atoms in total. The van der Waals surface area contributed by atoms with E-state index in [0.717, 1.165) is 4.90 Å². The minimum atomic E-state index is -3.83. The standard InChI is InChI=1S/C17H20N4O3S2/c1-5-14-19-17(24-20-14)15-10(2)18-11(3)16(15)26(22,23)21-12-6-8-13(25-4)9-7-12/h6-9,18,21H,5H2,1-4H3. The van der Waals surface area contributed by atoms with Crippen LogP contribution >= 0.6 is 11.8 Å². The van der Waals surface area contributed by atoms with Crippen LogP contribution in [0, 0.1) is 13.8 Å². The van der Waals surface area contributed by atoms with Gasteiger partial charge >= 0.3 is 0 Å². The largest absolute Gasteiger partial charge is 0.361 e. The van der Waals surface area contributed by atoms with Gasteiger partial charge in [-0.1, -0.05) is 12.1 Å². The topological polar surface area (TPSA) is 101 Å². The van der Waals surface area contributed by atoms with Crippen molar-refractivity contribution in [1.29, 1.82) is 0 Å². The molecule has 0 saturated carbocycles. The molecule has 0 fully saturated rings. The number of H-pyrrole nitrogens is 1. The van der Waals surface area contributed by atoms with E-state index in [0.29, 0.717) is 34.9 Å². The number of hydrogen-bond acceptors (Lipinski definition) is 6. The Hall–Kier alpha value is -2.26. The molecule has 3 rings (SSSR count). The van der Waals surface area contributed by atoms with Gasteiger partial charge in [-0.3, -0.25) is 4.72 Å². The predicted molar refractivity (Wildman–Crippen MR) is 102 cm³/mol. The zero-order valence-corrected chi connectivity index (χ0v) is 16.6. The summed E-state index contributed by atoms with van der Waals surface area (Å²) in [5, 5.41) is 3.87. The number of sulfonamides is 1. The van der Waals surface area contributed by atoms with Crippen molar-refractivity contribution in [3.8, 4) is 11.5 Å². The number of aromatic amines is 1. The van der Waals surface area contributed by atoms with Gasteiger partial charge in [0.2, 0.25) is 0 Å². The van der Waals surface area contributed by atoms with Crippen LogP contribution in [0.15, 0.2) is 38.6 Å². The minimum absolute atomic E-state index is 0.121. The second kappa shape index (κ2) is 7.16. The van der Waals surface area contributed by atoms with Gasteiger partial charge < -0.3 is 9.51 Å². The second-order valence-corrected chi connectivity index (χ2v) is 8.28. The molecule has 1 aromatic carbocycles. The SMILES string of the molecule is CCc1noc(-c2c(C)[nH]c(C)c2S(=O)(=O)Nc2ccc(SC)cc2)n1. The first-order valence-corrected chi connectivity index (χ1v) is 10.8. The number of benzene rings is 1. The fourth-order valence-corrected chi connectivity index (χ4v) is 4.64. The number of nitrogens with zero attached hydrogens (tertiary/aromatic N) is 2. The summed E-state index contributed by atoms with van der Waals surface area (Å²) in [7, 11) is -3.83. The highest BCUT2D eigenvalue weighted by atomic mass is 32.2. The summed E-state index contributed by atoms with van der Waals surface area (Å²) in [5.41, 5.74) is 2.07. The third-order valence-corrected chi connectivity index (χ3v) is 6.22. The average molecular weight is 393 g/mol. The Labute approximate surface area is 156 Å². The highest BCUT2D eigenvalue weighted by molar-refractivity contribution is 7.98. The van der Waals surface area contributed by atoms with Crippen molar-refractivity contribution in [2.24, 2.45) is 0 Å². The highest BCUT2D eigenvalue weighted by Gasteiger charge is 2.29. The van der Waals surface area contributed by atoms with Gasteiger partial charge in [-0.15, -0.1) is 11.8 Å². The first kappa shape index (κ1) is 18.5. The van der Waals surface area contributed by atoms with E-state index in [1.165, 1.54) is 0 Å². The lowest BCUT2D eigenvalue weighted by molar-refractivity contribution is 0.422. The lowest BCUT2D eigenvalue weighted by Gasteiger charge is -2.09. The summed E-state index contributed by atoms with van der Waals surface area (Å²) >= 11 is 1.59. The molecule has 0 saturated heterocycles. The van der Waals surface area contributed by atoms with Gasteiger partial charge in [-0.2, -0.15) is 4.98 Å². The van der Waals surface area contributed by atoms with Gasteiger partial charge in [-0.05, 0) is 44.4 Å². The molecule has 0 bridgehead atoms. The quantitative estimate of drug-likeness (QED) is 0.619. The van der Waals surface area contributed by atoms with Gasteiger partial charge in [0.1, 0.15) is 4.90 Å². The Morgan fingerprint density at radius 2 is 1.88 bits per heavy atom. The first-order chi connectivity index (χ1) is 12.4. The monoisotopic (exact) mass is 392 g/mol. The Morgan fingerprint density at radius 3 is 2.46 bits per heavy atom. The van der Waals surface area contributed by atoms with Crippen molar-refractivity contribution in [1.82, 2.24) is 15.1 Å². The molecule has 0 atom stereocenters. The van der Waals surface area contributed by atoms with Crippen LogP contribution in [-0.2, 0) is 16.4 Å². The molecular formula is C17H20N4O3S2. The molecule has 0 aliphatic carbocycles. The van der Waals surface area contributed by atoms with Crippen molar-refractivity contribution >= 4 is 27.5 Å². The van der Waals surface area contributed by atoms with Gasteiger partial charge in [0.25, 0.3) is 15.9 Å². The maximum absolute atomic E-state index is 13.0. The summed E-state index contributed by atoms with van der Waals surface area (Å²) in [6, 6.07) is 7.20. The Morgan fingerprint density at radius 1 is 1.19 bits per heavy atom. The van der Waals surface area contributed by atoms with E-state index in [9.17, 15) is 8.42 Å². The number of aryl methyl sites for hydroxylation is 3. The van der Waals surface area contributed by atoms with Crippen molar-refractivity contribution in [2.75, 3.05) is 11.0 Å². The molecule has 3 aromatic rings. The van der Waals surface area contributed by atoms with Crippen LogP contribution in [0.5, 0.6) is 0 Å². The summed E-state index contributed by atoms with van der Waals surface area (Å²) in [5.74, 6) is 0.726. The molecule has 0 aliphatic rings. The van der Waals surface area contributed by atoms with E-state index in [4.69, 9.17) is 4.52 Å². The fraction of sp³-hybridized carbons (Fsp3) is 0.294. The van der Waals surface area contributed by atoms with E-state index in [1.807, 2.05) is 25.3 Å². The number of hydrogen-bond donors (Lipinski definition) is 2. The molecule has 0 radical (unpaired) electrons. The molecule has 138 valence electrons. The summed E-state index contributed by atoms with van der Waals surface area (Å²) < 4.78 is 34.0. The zero-order valence-electron chi connectivity index (χ0n) is 15.0. The number of thioether (sulfide) groups is 1. The molecule has 0 aliphatic heterocycles. The Kier molecular flexibility index (Phi) is 5.10. The molecular weight excluding hydrogens is 372 g/mol. The second-order valence-electron chi connectivity index (χ2n) is 5.78. The Bertz CT molecular complexity index is 1020. The molecule has 0 unspecified atom stereocenters. The third-order valence-electron chi connectivity index (χ3n) is 3.93. The highest BCUT2D eigenvalue weighted by Crippen LogP contribution is 2.33. The maximum Gasteiger partial charge on any atom is 0.264 e. The zero-order chi connectivity index (χ0) is 18.9. The van der Waals surface area contributed by atoms with Gasteiger partial charge in [0.05, 0.1) is 5.56 Å². The number of aromatic nitrogens is 3. The van der Waals surface area contributed by atoms with Crippen molar-refractivity contribution in [3.05, 3.63) is 41.5 Å². The lowest BCUT2D eigenvalue weighted by atomic mass is 10.2. The smallest absolute Gasteiger partial charge is 0.264 e. The van der Waals surface area contributed by atoms with Gasteiger partial charge in [0.15, 0.2) is 5.82 Å². The van der Waals surface area contributed by atoms with Crippen molar-refractivity contribution < 1.29 is 12.9 Å². The van der Waals surface area contributed by atoms with Crippen LogP contribution in [0.3, 0.4) is 0 Å². The first-order valence-electron chi connectivity index (χ1n) is 8.04. The number of nitrogens with one attached hydrogen (secondary N) is 2. The van der Waals surface area contributed by atoms with Crippen LogP contribution in [0.25, 0.3) is 11.5 Å². The van der Waals surface area contributed by atoms with Crippen LogP contribution < -0.4 is 4.72 Å². The molecule has 9 heteroatoms. The van der Waals surface area contributed by atoms with Crippen LogP contribution in [-0.4, -0.2) is 29.8 Å². The van der Waals surface area contributed by atoms with Crippen LogP contribution in [0.4, 0.5) is 5.69 Å². The van der Waals surface area contributed by atoms with E-state index in [1.54, 1.807) is 37.7 Å². The predicted octanol–water partition coefficient (Wildman–Crippen LogP) is 3.77. The average Bonchev–Trinajstić information content (AvgIpc) is 3.19. The normalized spacial score (nSPS) is 11.7. The third kappa shape index (κ3) is 3.49. The molecule has 2 N–H and O–H groups in total. The van der Waals surface area contributed by atoms with E-state index in [-0.39, 0.29) is 10.8 Å². The minimum Gasteiger partial charge on any atom is -0.361 e. The molecule has 2 heterocycles. The molecule has 2 aromatic heterocycles. The van der Waals surface area contributed by atoms with Crippen LogP contribution in [0.1, 0.15) is 24.1 Å². The van der Waals surface area contributed by atoms with Crippen molar-refractivity contribution in [2.45, 2.75) is 37.0 Å².